The Morgan fingerprint density at radius 1 is 1.47 bits per heavy atom. The van der Waals surface area contributed by atoms with Crippen LogP contribution in [0.3, 0.4) is 0 Å². The molecule has 4 nitrogen and oxygen atoms in total. The predicted octanol–water partition coefficient (Wildman–Crippen LogP) is 1.62. The number of rotatable bonds is 4. The van der Waals surface area contributed by atoms with Crippen molar-refractivity contribution < 1.29 is 9.18 Å². The first-order valence-corrected chi connectivity index (χ1v) is 6.64. The molecule has 1 fully saturated rings. The lowest BCUT2D eigenvalue weighted by molar-refractivity contribution is 0.0932. The van der Waals surface area contributed by atoms with E-state index in [1.54, 1.807) is 0 Å². The number of carbonyl (C=O) groups excluding carboxylic acids is 1. The van der Waals surface area contributed by atoms with Gasteiger partial charge in [0, 0.05) is 18.2 Å². The van der Waals surface area contributed by atoms with Crippen molar-refractivity contribution in [3.05, 3.63) is 29.6 Å². The van der Waals surface area contributed by atoms with E-state index >= 15 is 0 Å². The van der Waals surface area contributed by atoms with Crippen molar-refractivity contribution in [3.63, 3.8) is 0 Å². The van der Waals surface area contributed by atoms with Gasteiger partial charge in [-0.1, -0.05) is 0 Å². The zero-order valence-electron chi connectivity index (χ0n) is 11.2. The van der Waals surface area contributed by atoms with Crippen LogP contribution in [0.5, 0.6) is 0 Å². The maximum Gasteiger partial charge on any atom is 0.251 e. The van der Waals surface area contributed by atoms with E-state index in [-0.39, 0.29) is 17.6 Å². The monoisotopic (exact) mass is 265 g/mol. The third-order valence-corrected chi connectivity index (χ3v) is 3.37. The second kappa shape index (κ2) is 6.02. The van der Waals surface area contributed by atoms with Crippen molar-refractivity contribution >= 4 is 11.6 Å². The Bertz CT molecular complexity index is 458. The van der Waals surface area contributed by atoms with E-state index < -0.39 is 5.82 Å². The zero-order chi connectivity index (χ0) is 13.8. The van der Waals surface area contributed by atoms with Crippen LogP contribution in [0.15, 0.2) is 18.2 Å². The van der Waals surface area contributed by atoms with Gasteiger partial charge in [-0.2, -0.15) is 0 Å². The summed E-state index contributed by atoms with van der Waals surface area (Å²) in [5.74, 6) is -0.708. The van der Waals surface area contributed by atoms with Crippen LogP contribution in [0.1, 0.15) is 30.1 Å². The van der Waals surface area contributed by atoms with Crippen LogP contribution in [-0.2, 0) is 0 Å². The molecule has 0 saturated carbocycles. The first-order chi connectivity index (χ1) is 9.06. The number of carbonyl (C=O) groups is 1. The van der Waals surface area contributed by atoms with Gasteiger partial charge in [-0.05, 0) is 51.1 Å². The van der Waals surface area contributed by atoms with E-state index in [1.807, 2.05) is 6.92 Å². The van der Waals surface area contributed by atoms with Crippen LogP contribution in [-0.4, -0.2) is 36.5 Å². The molecule has 1 unspecified atom stereocenters. The molecular weight excluding hydrogens is 245 g/mol. The van der Waals surface area contributed by atoms with Crippen molar-refractivity contribution in [2.24, 2.45) is 0 Å². The molecule has 0 bridgehead atoms. The molecule has 5 heteroatoms. The van der Waals surface area contributed by atoms with Crippen molar-refractivity contribution in [1.29, 1.82) is 0 Å². The Labute approximate surface area is 112 Å². The molecule has 0 spiro atoms. The molecule has 1 aromatic carbocycles. The van der Waals surface area contributed by atoms with Gasteiger partial charge >= 0.3 is 0 Å². The number of halogens is 1. The van der Waals surface area contributed by atoms with Crippen LogP contribution >= 0.6 is 0 Å². The summed E-state index contributed by atoms with van der Waals surface area (Å²) in [6, 6.07) is 4.10. The van der Waals surface area contributed by atoms with E-state index in [1.165, 1.54) is 31.0 Å². The van der Waals surface area contributed by atoms with Gasteiger partial charge in [-0.3, -0.25) is 4.79 Å². The molecule has 2 rings (SSSR count). The van der Waals surface area contributed by atoms with Crippen LogP contribution in [0.2, 0.25) is 0 Å². The van der Waals surface area contributed by atoms with Crippen LogP contribution < -0.4 is 11.1 Å². The number of likely N-dealkylation sites (tertiary alicyclic amines) is 1. The molecule has 1 atom stereocenters. The maximum atomic E-state index is 13.0. The fraction of sp³-hybridized carbons (Fsp3) is 0.500. The Morgan fingerprint density at radius 3 is 2.79 bits per heavy atom. The molecule has 19 heavy (non-hydrogen) atoms. The van der Waals surface area contributed by atoms with Gasteiger partial charge in [0.2, 0.25) is 0 Å². The average Bonchev–Trinajstić information content (AvgIpc) is 2.85. The van der Waals surface area contributed by atoms with E-state index in [4.69, 9.17) is 5.73 Å². The predicted molar refractivity (Wildman–Crippen MR) is 73.4 cm³/mol. The van der Waals surface area contributed by atoms with Gasteiger partial charge in [0.15, 0.2) is 0 Å². The van der Waals surface area contributed by atoms with Crippen LogP contribution in [0, 0.1) is 5.82 Å². The SMILES string of the molecule is CC(CN1CCCC1)NC(=O)c1ccc(F)c(N)c1. The minimum atomic E-state index is -0.498. The number of nitrogens with two attached hydrogens (primary N) is 1. The number of anilines is 1. The Balaban J connectivity index is 1.90. The van der Waals surface area contributed by atoms with Crippen molar-refractivity contribution in [3.8, 4) is 0 Å². The number of nitrogen functional groups attached to an aromatic ring is 1. The Morgan fingerprint density at radius 2 is 2.16 bits per heavy atom. The minimum Gasteiger partial charge on any atom is -0.396 e. The Kier molecular flexibility index (Phi) is 4.37. The highest BCUT2D eigenvalue weighted by atomic mass is 19.1. The highest BCUT2D eigenvalue weighted by Crippen LogP contribution is 2.12. The summed E-state index contributed by atoms with van der Waals surface area (Å²) in [5, 5.41) is 2.91. The normalized spacial score (nSPS) is 17.4. The molecule has 1 saturated heterocycles. The van der Waals surface area contributed by atoms with Gasteiger partial charge in [0.25, 0.3) is 5.91 Å². The number of hydrogen-bond acceptors (Lipinski definition) is 3. The lowest BCUT2D eigenvalue weighted by Gasteiger charge is -2.21. The summed E-state index contributed by atoms with van der Waals surface area (Å²) in [4.78, 5) is 14.3. The second-order valence-corrected chi connectivity index (χ2v) is 5.12. The third-order valence-electron chi connectivity index (χ3n) is 3.37. The molecule has 3 N–H and O–H groups in total. The summed E-state index contributed by atoms with van der Waals surface area (Å²) in [6.45, 7) is 5.03. The van der Waals surface area contributed by atoms with E-state index in [0.717, 1.165) is 19.6 Å². The van der Waals surface area contributed by atoms with Gasteiger partial charge < -0.3 is 16.0 Å². The van der Waals surface area contributed by atoms with Gasteiger partial charge in [0.05, 0.1) is 5.69 Å². The summed E-state index contributed by atoms with van der Waals surface area (Å²) in [6.07, 6.45) is 2.46. The minimum absolute atomic E-state index is 0.000143. The summed E-state index contributed by atoms with van der Waals surface area (Å²) < 4.78 is 13.0. The molecule has 0 aromatic heterocycles. The quantitative estimate of drug-likeness (QED) is 0.813. The summed E-state index contributed by atoms with van der Waals surface area (Å²) >= 11 is 0. The number of nitrogens with one attached hydrogen (secondary N) is 1. The highest BCUT2D eigenvalue weighted by molar-refractivity contribution is 5.95. The molecule has 0 aliphatic carbocycles. The molecule has 1 aliphatic rings. The number of benzene rings is 1. The van der Waals surface area contributed by atoms with Crippen molar-refractivity contribution in [2.45, 2.75) is 25.8 Å². The molecule has 0 radical (unpaired) electrons. The van der Waals surface area contributed by atoms with E-state index in [0.29, 0.717) is 5.56 Å². The number of nitrogens with zero attached hydrogens (tertiary/aromatic N) is 1. The van der Waals surface area contributed by atoms with E-state index in [9.17, 15) is 9.18 Å². The molecule has 1 heterocycles. The zero-order valence-corrected chi connectivity index (χ0v) is 11.2. The van der Waals surface area contributed by atoms with Crippen LogP contribution in [0.4, 0.5) is 10.1 Å². The highest BCUT2D eigenvalue weighted by Gasteiger charge is 2.16. The Hall–Kier alpha value is -1.62. The number of hydrogen-bond donors (Lipinski definition) is 2. The van der Waals surface area contributed by atoms with Crippen molar-refractivity contribution in [1.82, 2.24) is 10.2 Å². The average molecular weight is 265 g/mol. The first kappa shape index (κ1) is 13.8. The summed E-state index contributed by atoms with van der Waals surface area (Å²) in [7, 11) is 0. The van der Waals surface area contributed by atoms with E-state index in [2.05, 4.69) is 10.2 Å². The lowest BCUT2D eigenvalue weighted by atomic mass is 10.1. The molecule has 104 valence electrons. The number of amides is 1. The molecule has 1 aromatic rings. The maximum absolute atomic E-state index is 13.0. The van der Waals surface area contributed by atoms with Crippen molar-refractivity contribution in [2.75, 3.05) is 25.4 Å². The standard InChI is InChI=1S/C14H20FN3O/c1-10(9-18-6-2-3-7-18)17-14(19)11-4-5-12(15)13(16)8-11/h4-5,8,10H,2-3,6-7,9,16H2,1H3,(H,17,19). The van der Waals surface area contributed by atoms with Gasteiger partial charge in [0.1, 0.15) is 5.82 Å². The first-order valence-electron chi connectivity index (χ1n) is 6.64. The fourth-order valence-corrected chi connectivity index (χ4v) is 2.39. The smallest absolute Gasteiger partial charge is 0.251 e. The molecule has 1 amide bonds. The van der Waals surface area contributed by atoms with Crippen LogP contribution in [0.25, 0.3) is 0 Å². The largest absolute Gasteiger partial charge is 0.396 e. The topological polar surface area (TPSA) is 58.4 Å². The summed E-state index contributed by atoms with van der Waals surface area (Å²) in [5.41, 5.74) is 5.85. The van der Waals surface area contributed by atoms with Gasteiger partial charge in [-0.15, -0.1) is 0 Å². The lowest BCUT2D eigenvalue weighted by Crippen LogP contribution is -2.41. The van der Waals surface area contributed by atoms with Gasteiger partial charge in [-0.25, -0.2) is 4.39 Å². The fourth-order valence-electron chi connectivity index (χ4n) is 2.39. The third kappa shape index (κ3) is 3.67. The second-order valence-electron chi connectivity index (χ2n) is 5.12. The molecule has 1 aliphatic heterocycles. The molecular formula is C14H20FN3O.